The van der Waals surface area contributed by atoms with Crippen molar-refractivity contribution in [1.82, 2.24) is 0 Å². The molecule has 0 amide bonds. The number of rotatable bonds is 1. The molecule has 0 radical (unpaired) electrons. The van der Waals surface area contributed by atoms with Crippen LogP contribution >= 0.6 is 0 Å². The molecule has 4 aromatic rings. The van der Waals surface area contributed by atoms with E-state index in [-0.39, 0.29) is 0 Å². The first-order valence-electron chi connectivity index (χ1n) is 8.00. The minimum Gasteiger partial charge on any atom is -0.456 e. The quantitative estimate of drug-likeness (QED) is 0.371. The molecule has 1 heteroatoms. The predicted octanol–water partition coefficient (Wildman–Crippen LogP) is 5.98. The van der Waals surface area contributed by atoms with Crippen LogP contribution in [0.1, 0.15) is 16.7 Å². The molecule has 0 bridgehead atoms. The topological polar surface area (TPSA) is 13.1 Å². The van der Waals surface area contributed by atoms with Crippen molar-refractivity contribution in [1.29, 1.82) is 0 Å². The monoisotopic (exact) mass is 296 g/mol. The minimum absolute atomic E-state index is 0.960. The summed E-state index contributed by atoms with van der Waals surface area (Å²) in [5, 5.41) is 1.25. The molecule has 110 valence electrons. The lowest BCUT2D eigenvalue weighted by Gasteiger charge is -2.06. The standard InChI is InChI=1S/C22H16O/c1-14-6-8-15(9-7-14)16-10-11-18-17(12-16)13-20-19-4-2-3-5-21(19)23-22(18)20/h2-12H,13H2,1H3. The van der Waals surface area contributed by atoms with Crippen LogP contribution in [0.5, 0.6) is 0 Å². The van der Waals surface area contributed by atoms with E-state index in [1.807, 2.05) is 12.1 Å². The zero-order valence-corrected chi connectivity index (χ0v) is 13.0. The summed E-state index contributed by atoms with van der Waals surface area (Å²) in [6.45, 7) is 2.12. The Morgan fingerprint density at radius 2 is 1.61 bits per heavy atom. The van der Waals surface area contributed by atoms with Gasteiger partial charge in [-0.25, -0.2) is 0 Å². The maximum atomic E-state index is 6.10. The number of hydrogen-bond acceptors (Lipinski definition) is 1. The Labute approximate surface area is 135 Å². The Kier molecular flexibility index (Phi) is 2.54. The van der Waals surface area contributed by atoms with Crippen LogP contribution in [0.4, 0.5) is 0 Å². The number of aryl methyl sites for hydroxylation is 1. The lowest BCUT2D eigenvalue weighted by atomic mass is 9.99. The number of furan rings is 1. The van der Waals surface area contributed by atoms with E-state index in [0.717, 1.165) is 17.8 Å². The molecule has 0 spiro atoms. The van der Waals surface area contributed by atoms with Gasteiger partial charge in [0.05, 0.1) is 0 Å². The molecule has 5 rings (SSSR count). The summed E-state index contributed by atoms with van der Waals surface area (Å²) < 4.78 is 6.10. The van der Waals surface area contributed by atoms with E-state index < -0.39 is 0 Å². The SMILES string of the molecule is Cc1ccc(-c2ccc3c(c2)Cc2c-3oc3ccccc23)cc1. The summed E-state index contributed by atoms with van der Waals surface area (Å²) in [4.78, 5) is 0. The second kappa shape index (κ2) is 4.60. The van der Waals surface area contributed by atoms with Gasteiger partial charge in [0, 0.05) is 22.9 Å². The van der Waals surface area contributed by atoms with E-state index in [1.54, 1.807) is 0 Å². The molecule has 0 saturated heterocycles. The summed E-state index contributed by atoms with van der Waals surface area (Å²) >= 11 is 0. The second-order valence-electron chi connectivity index (χ2n) is 6.32. The van der Waals surface area contributed by atoms with Gasteiger partial charge >= 0.3 is 0 Å². The molecule has 0 fully saturated rings. The molecule has 1 heterocycles. The van der Waals surface area contributed by atoms with E-state index in [1.165, 1.54) is 38.8 Å². The van der Waals surface area contributed by atoms with Crippen molar-refractivity contribution >= 4 is 11.0 Å². The Bertz CT molecular complexity index is 1040. The van der Waals surface area contributed by atoms with Crippen molar-refractivity contribution in [3.8, 4) is 22.5 Å². The number of hydrogen-bond donors (Lipinski definition) is 0. The highest BCUT2D eigenvalue weighted by molar-refractivity contribution is 5.92. The van der Waals surface area contributed by atoms with Crippen LogP contribution < -0.4 is 0 Å². The molecule has 1 aromatic heterocycles. The third-order valence-electron chi connectivity index (χ3n) is 4.80. The first-order chi connectivity index (χ1) is 11.3. The molecule has 0 N–H and O–H groups in total. The Balaban J connectivity index is 1.64. The summed E-state index contributed by atoms with van der Waals surface area (Å²) in [5.41, 5.74) is 8.77. The van der Waals surface area contributed by atoms with E-state index in [9.17, 15) is 0 Å². The van der Waals surface area contributed by atoms with Gasteiger partial charge in [-0.15, -0.1) is 0 Å². The lowest BCUT2D eigenvalue weighted by Crippen LogP contribution is -1.85. The van der Waals surface area contributed by atoms with Crippen molar-refractivity contribution in [2.75, 3.05) is 0 Å². The highest BCUT2D eigenvalue weighted by Crippen LogP contribution is 2.43. The first kappa shape index (κ1) is 12.7. The number of para-hydroxylation sites is 1. The molecule has 0 atom stereocenters. The van der Waals surface area contributed by atoms with E-state index >= 15 is 0 Å². The van der Waals surface area contributed by atoms with E-state index in [2.05, 4.69) is 61.5 Å². The fourth-order valence-electron chi connectivity index (χ4n) is 3.57. The van der Waals surface area contributed by atoms with E-state index in [0.29, 0.717) is 0 Å². The lowest BCUT2D eigenvalue weighted by molar-refractivity contribution is 0.631. The fraction of sp³-hybridized carbons (Fsp3) is 0.0909. The van der Waals surface area contributed by atoms with Crippen LogP contribution in [0.3, 0.4) is 0 Å². The van der Waals surface area contributed by atoms with Gasteiger partial charge in [0.2, 0.25) is 0 Å². The van der Waals surface area contributed by atoms with Crippen molar-refractivity contribution in [3.05, 3.63) is 83.4 Å². The summed E-state index contributed by atoms with van der Waals surface area (Å²) in [7, 11) is 0. The summed E-state index contributed by atoms with van der Waals surface area (Å²) in [6, 6.07) is 23.8. The predicted molar refractivity (Wildman–Crippen MR) is 94.6 cm³/mol. The van der Waals surface area contributed by atoms with Crippen LogP contribution in [-0.2, 0) is 6.42 Å². The van der Waals surface area contributed by atoms with Crippen LogP contribution in [-0.4, -0.2) is 0 Å². The molecule has 0 unspecified atom stereocenters. The maximum absolute atomic E-state index is 6.10. The molecule has 1 nitrogen and oxygen atoms in total. The number of fused-ring (bicyclic) bond motifs is 5. The van der Waals surface area contributed by atoms with Crippen molar-refractivity contribution < 1.29 is 4.42 Å². The zero-order chi connectivity index (χ0) is 15.4. The van der Waals surface area contributed by atoms with Crippen LogP contribution in [0.2, 0.25) is 0 Å². The first-order valence-corrected chi connectivity index (χ1v) is 8.00. The Hall–Kier alpha value is -2.80. The molecule has 0 aliphatic heterocycles. The van der Waals surface area contributed by atoms with Gasteiger partial charge in [-0.3, -0.25) is 0 Å². The Morgan fingerprint density at radius 1 is 0.826 bits per heavy atom. The van der Waals surface area contributed by atoms with E-state index in [4.69, 9.17) is 4.42 Å². The maximum Gasteiger partial charge on any atom is 0.139 e. The highest BCUT2D eigenvalue weighted by Gasteiger charge is 2.25. The minimum atomic E-state index is 0.960. The third-order valence-corrected chi connectivity index (χ3v) is 4.80. The van der Waals surface area contributed by atoms with Gasteiger partial charge in [0.15, 0.2) is 0 Å². The molecular formula is C22H16O. The van der Waals surface area contributed by atoms with Crippen molar-refractivity contribution in [2.24, 2.45) is 0 Å². The molecule has 1 aliphatic rings. The van der Waals surface area contributed by atoms with Gasteiger partial charge in [-0.1, -0.05) is 66.2 Å². The largest absolute Gasteiger partial charge is 0.456 e. The van der Waals surface area contributed by atoms with Gasteiger partial charge in [-0.05, 0) is 29.7 Å². The van der Waals surface area contributed by atoms with Gasteiger partial charge < -0.3 is 4.42 Å². The highest BCUT2D eigenvalue weighted by atomic mass is 16.3. The smallest absolute Gasteiger partial charge is 0.139 e. The van der Waals surface area contributed by atoms with Gasteiger partial charge in [-0.2, -0.15) is 0 Å². The summed E-state index contributed by atoms with van der Waals surface area (Å²) in [6.07, 6.45) is 0.960. The molecular weight excluding hydrogens is 280 g/mol. The van der Waals surface area contributed by atoms with Gasteiger partial charge in [0.1, 0.15) is 11.3 Å². The van der Waals surface area contributed by atoms with Crippen LogP contribution in [0.15, 0.2) is 71.1 Å². The number of benzene rings is 3. The average molecular weight is 296 g/mol. The van der Waals surface area contributed by atoms with Crippen LogP contribution in [0.25, 0.3) is 33.4 Å². The van der Waals surface area contributed by atoms with Crippen molar-refractivity contribution in [3.63, 3.8) is 0 Å². The normalized spacial score (nSPS) is 12.4. The fourth-order valence-corrected chi connectivity index (χ4v) is 3.57. The third kappa shape index (κ3) is 1.86. The molecule has 1 aliphatic carbocycles. The average Bonchev–Trinajstić information content (AvgIpc) is 3.11. The molecule has 23 heavy (non-hydrogen) atoms. The van der Waals surface area contributed by atoms with Gasteiger partial charge in [0.25, 0.3) is 0 Å². The molecule has 0 saturated carbocycles. The summed E-state index contributed by atoms with van der Waals surface area (Å²) in [5.74, 6) is 1.05. The van der Waals surface area contributed by atoms with Crippen LogP contribution in [0, 0.1) is 6.92 Å². The second-order valence-corrected chi connectivity index (χ2v) is 6.32. The molecule has 3 aromatic carbocycles. The Morgan fingerprint density at radius 3 is 2.48 bits per heavy atom. The van der Waals surface area contributed by atoms with Crippen molar-refractivity contribution in [2.45, 2.75) is 13.3 Å². The zero-order valence-electron chi connectivity index (χ0n) is 13.0.